The van der Waals surface area contributed by atoms with Gasteiger partial charge in [0.25, 0.3) is 0 Å². The van der Waals surface area contributed by atoms with Gasteiger partial charge in [-0.25, -0.2) is 4.98 Å². The maximum atomic E-state index is 12.6. The van der Waals surface area contributed by atoms with Crippen molar-refractivity contribution < 1.29 is 9.53 Å². The fourth-order valence-corrected chi connectivity index (χ4v) is 4.26. The minimum absolute atomic E-state index is 0.144. The fraction of sp³-hybridized carbons (Fsp3) is 0.290. The van der Waals surface area contributed by atoms with E-state index >= 15 is 0 Å². The summed E-state index contributed by atoms with van der Waals surface area (Å²) in [5, 5.41) is 3.06. The molecule has 1 amide bonds. The van der Waals surface area contributed by atoms with Gasteiger partial charge in [0.05, 0.1) is 23.7 Å². The van der Waals surface area contributed by atoms with Crippen LogP contribution >= 0.6 is 0 Å². The molecule has 0 bridgehead atoms. The minimum Gasteiger partial charge on any atom is -0.494 e. The highest BCUT2D eigenvalue weighted by Gasteiger charge is 2.17. The smallest absolute Gasteiger partial charge is 0.244 e. The Morgan fingerprint density at radius 2 is 1.72 bits per heavy atom. The molecular weight excluding hydrogens is 446 g/mol. The van der Waals surface area contributed by atoms with E-state index in [-0.39, 0.29) is 11.9 Å². The molecule has 0 radical (unpaired) electrons. The van der Waals surface area contributed by atoms with Crippen LogP contribution in [0, 0.1) is 0 Å². The van der Waals surface area contributed by atoms with Gasteiger partial charge in [0.1, 0.15) is 11.6 Å². The average molecular weight is 482 g/mol. The summed E-state index contributed by atoms with van der Waals surface area (Å²) in [7, 11) is 0. The monoisotopic (exact) mass is 481 g/mol. The molecule has 0 fully saturated rings. The molecule has 1 aromatic heterocycles. The van der Waals surface area contributed by atoms with Crippen LogP contribution in [0.4, 0.5) is 0 Å². The Labute approximate surface area is 213 Å². The molecule has 0 aliphatic heterocycles. The maximum Gasteiger partial charge on any atom is 0.244 e. The first-order valence-electron chi connectivity index (χ1n) is 12.8. The molecule has 0 aliphatic rings. The summed E-state index contributed by atoms with van der Waals surface area (Å²) in [6.07, 6.45) is 5.34. The van der Waals surface area contributed by atoms with Crippen molar-refractivity contribution in [2.75, 3.05) is 6.61 Å². The normalized spacial score (nSPS) is 13.1. The number of aromatic nitrogens is 2. The van der Waals surface area contributed by atoms with Gasteiger partial charge in [0.2, 0.25) is 5.91 Å². The molecule has 0 aliphatic carbocycles. The van der Waals surface area contributed by atoms with Crippen molar-refractivity contribution in [1.82, 2.24) is 14.9 Å². The first kappa shape index (κ1) is 25.2. The maximum absolute atomic E-state index is 12.6. The van der Waals surface area contributed by atoms with Gasteiger partial charge in [-0.05, 0) is 67.2 Å². The van der Waals surface area contributed by atoms with Crippen LogP contribution in [-0.2, 0) is 11.3 Å². The number of hydrogen-bond acceptors (Lipinski definition) is 3. The van der Waals surface area contributed by atoms with E-state index in [1.807, 2.05) is 61.5 Å². The molecule has 2 unspecified atom stereocenters. The molecule has 1 N–H and O–H groups in total. The van der Waals surface area contributed by atoms with E-state index in [1.165, 1.54) is 5.56 Å². The van der Waals surface area contributed by atoms with E-state index in [2.05, 4.69) is 54.1 Å². The van der Waals surface area contributed by atoms with Crippen molar-refractivity contribution >= 4 is 23.0 Å². The van der Waals surface area contributed by atoms with Crippen LogP contribution in [-0.4, -0.2) is 22.1 Å². The Bertz CT molecular complexity index is 1290. The van der Waals surface area contributed by atoms with Crippen LogP contribution in [0.15, 0.2) is 84.9 Å². The van der Waals surface area contributed by atoms with Gasteiger partial charge >= 0.3 is 0 Å². The molecule has 0 saturated carbocycles. The largest absolute Gasteiger partial charge is 0.494 e. The molecule has 0 spiro atoms. The Balaban J connectivity index is 1.39. The van der Waals surface area contributed by atoms with Crippen molar-refractivity contribution in [1.29, 1.82) is 0 Å². The number of carbonyl (C=O) groups excluding carboxylic acids is 1. The SMILES string of the molecule is CCC(C)c1ccc(OCCCn2c(C(C)NC(=O)/C=C\c3ccccc3)nc3ccccc32)cc1. The van der Waals surface area contributed by atoms with Gasteiger partial charge in [0.15, 0.2) is 0 Å². The summed E-state index contributed by atoms with van der Waals surface area (Å²) < 4.78 is 8.20. The third-order valence-electron chi connectivity index (χ3n) is 6.51. The first-order valence-corrected chi connectivity index (χ1v) is 12.8. The second-order valence-electron chi connectivity index (χ2n) is 9.16. The summed E-state index contributed by atoms with van der Waals surface area (Å²) in [5.74, 6) is 2.15. The number of benzene rings is 3. The van der Waals surface area contributed by atoms with Crippen molar-refractivity contribution in [3.8, 4) is 5.75 Å². The number of carbonyl (C=O) groups is 1. The van der Waals surface area contributed by atoms with Gasteiger partial charge in [-0.1, -0.05) is 68.4 Å². The summed E-state index contributed by atoms with van der Waals surface area (Å²) >= 11 is 0. The van der Waals surface area contributed by atoms with Crippen molar-refractivity contribution in [3.63, 3.8) is 0 Å². The predicted octanol–water partition coefficient (Wildman–Crippen LogP) is 6.91. The van der Waals surface area contributed by atoms with Crippen molar-refractivity contribution in [2.24, 2.45) is 0 Å². The van der Waals surface area contributed by atoms with Crippen LogP contribution in [0.2, 0.25) is 0 Å². The lowest BCUT2D eigenvalue weighted by atomic mass is 9.99. The molecule has 0 saturated heterocycles. The third-order valence-corrected chi connectivity index (χ3v) is 6.51. The quantitative estimate of drug-likeness (QED) is 0.187. The summed E-state index contributed by atoms with van der Waals surface area (Å²) in [5.41, 5.74) is 4.32. The second-order valence-corrected chi connectivity index (χ2v) is 9.16. The molecule has 186 valence electrons. The lowest BCUT2D eigenvalue weighted by Crippen LogP contribution is -2.27. The minimum atomic E-state index is -0.237. The number of rotatable bonds is 11. The summed E-state index contributed by atoms with van der Waals surface area (Å²) in [6.45, 7) is 7.78. The zero-order chi connectivity index (χ0) is 25.3. The lowest BCUT2D eigenvalue weighted by molar-refractivity contribution is -0.117. The second kappa shape index (κ2) is 12.2. The Morgan fingerprint density at radius 1 is 1.00 bits per heavy atom. The zero-order valence-corrected chi connectivity index (χ0v) is 21.4. The lowest BCUT2D eigenvalue weighted by Gasteiger charge is -2.16. The highest BCUT2D eigenvalue weighted by atomic mass is 16.5. The van der Waals surface area contributed by atoms with Crippen LogP contribution in [0.1, 0.15) is 62.5 Å². The molecule has 1 heterocycles. The van der Waals surface area contributed by atoms with Crippen molar-refractivity contribution in [2.45, 2.75) is 52.1 Å². The fourth-order valence-electron chi connectivity index (χ4n) is 4.26. The van der Waals surface area contributed by atoms with Crippen LogP contribution < -0.4 is 10.1 Å². The number of hydrogen-bond donors (Lipinski definition) is 1. The highest BCUT2D eigenvalue weighted by Crippen LogP contribution is 2.23. The van der Waals surface area contributed by atoms with E-state index in [1.54, 1.807) is 6.08 Å². The predicted molar refractivity (Wildman–Crippen MR) is 147 cm³/mol. The molecule has 5 heteroatoms. The molecular formula is C31H35N3O2. The van der Waals surface area contributed by atoms with Crippen LogP contribution in [0.5, 0.6) is 5.75 Å². The van der Waals surface area contributed by atoms with E-state index in [4.69, 9.17) is 9.72 Å². The number of para-hydroxylation sites is 2. The zero-order valence-electron chi connectivity index (χ0n) is 21.4. The Morgan fingerprint density at radius 3 is 2.47 bits per heavy atom. The highest BCUT2D eigenvalue weighted by molar-refractivity contribution is 5.92. The number of nitrogens with zero attached hydrogens (tertiary/aromatic N) is 2. The standard InChI is InChI=1S/C31H35N3O2/c1-4-23(2)26-16-18-27(19-17-26)36-22-10-21-34-29-14-9-8-13-28(29)33-31(34)24(3)32-30(35)20-15-25-11-6-5-7-12-25/h5-9,11-20,23-24H,4,10,21-22H2,1-3H3,(H,32,35)/b20-15-. The molecule has 5 nitrogen and oxygen atoms in total. The number of imidazole rings is 1. The Kier molecular flexibility index (Phi) is 8.56. The van der Waals surface area contributed by atoms with E-state index < -0.39 is 0 Å². The van der Waals surface area contributed by atoms with Gasteiger partial charge in [0, 0.05) is 12.6 Å². The number of fused-ring (bicyclic) bond motifs is 1. The van der Waals surface area contributed by atoms with Gasteiger partial charge in [-0.3, -0.25) is 4.79 Å². The van der Waals surface area contributed by atoms with E-state index in [0.717, 1.165) is 47.6 Å². The number of ether oxygens (including phenoxy) is 1. The molecule has 3 aromatic carbocycles. The summed E-state index contributed by atoms with van der Waals surface area (Å²) in [4.78, 5) is 17.4. The Hall–Kier alpha value is -3.86. The molecule has 4 aromatic rings. The average Bonchev–Trinajstić information content (AvgIpc) is 3.29. The third kappa shape index (κ3) is 6.42. The number of nitrogens with one attached hydrogen (secondary N) is 1. The molecule has 36 heavy (non-hydrogen) atoms. The van der Waals surface area contributed by atoms with E-state index in [0.29, 0.717) is 12.5 Å². The first-order chi connectivity index (χ1) is 17.5. The van der Waals surface area contributed by atoms with Gasteiger partial charge < -0.3 is 14.6 Å². The van der Waals surface area contributed by atoms with Gasteiger partial charge in [-0.2, -0.15) is 0 Å². The van der Waals surface area contributed by atoms with Gasteiger partial charge in [-0.15, -0.1) is 0 Å². The van der Waals surface area contributed by atoms with E-state index in [9.17, 15) is 4.79 Å². The summed E-state index contributed by atoms with van der Waals surface area (Å²) in [6, 6.07) is 26.1. The van der Waals surface area contributed by atoms with Crippen LogP contribution in [0.3, 0.4) is 0 Å². The number of aryl methyl sites for hydroxylation is 1. The van der Waals surface area contributed by atoms with Crippen molar-refractivity contribution in [3.05, 3.63) is 102 Å². The van der Waals surface area contributed by atoms with Crippen LogP contribution in [0.25, 0.3) is 17.1 Å². The molecule has 4 rings (SSSR count). The number of amides is 1. The topological polar surface area (TPSA) is 56.1 Å². The molecule has 2 atom stereocenters.